The van der Waals surface area contributed by atoms with Gasteiger partial charge in [-0.2, -0.15) is 0 Å². The minimum absolute atomic E-state index is 0.857. The number of hydrogen-bond acceptors (Lipinski definition) is 2. The van der Waals surface area contributed by atoms with Crippen LogP contribution in [0.2, 0.25) is 0 Å². The number of benzene rings is 9. The van der Waals surface area contributed by atoms with Gasteiger partial charge in [-0.1, -0.05) is 158 Å². The van der Waals surface area contributed by atoms with Crippen LogP contribution in [0.25, 0.3) is 82.8 Å². The van der Waals surface area contributed by atoms with Crippen LogP contribution < -0.4 is 4.90 Å². The lowest BCUT2D eigenvalue weighted by Crippen LogP contribution is -2.11. The summed E-state index contributed by atoms with van der Waals surface area (Å²) in [6.45, 7) is 0. The summed E-state index contributed by atoms with van der Waals surface area (Å²) in [7, 11) is 0. The maximum atomic E-state index is 6.93. The van der Waals surface area contributed by atoms with Crippen molar-refractivity contribution in [2.45, 2.75) is 0 Å². The topological polar surface area (TPSA) is 21.3 Å². The minimum Gasteiger partial charge on any atom is -0.455 e. The summed E-state index contributed by atoms with van der Waals surface area (Å²) in [5.74, 6) is 0. The fourth-order valence-electron chi connectivity index (χ4n) is 8.61. The molecule has 11 rings (SSSR count). The molecule has 0 amide bonds. The Morgan fingerprint density at radius 1 is 0.368 bits per heavy atom. The third-order valence-electron chi connectivity index (χ3n) is 11.2. The maximum Gasteiger partial charge on any atom is 0.145 e. The molecule has 2 heterocycles. The van der Waals surface area contributed by atoms with E-state index in [2.05, 4.69) is 228 Å². The maximum absolute atomic E-state index is 6.93. The van der Waals surface area contributed by atoms with Gasteiger partial charge in [0.2, 0.25) is 0 Å². The fourth-order valence-corrected chi connectivity index (χ4v) is 8.61. The van der Waals surface area contributed by atoms with Gasteiger partial charge in [-0.3, -0.25) is 0 Å². The van der Waals surface area contributed by atoms with E-state index in [1.807, 2.05) is 0 Å². The van der Waals surface area contributed by atoms with Crippen LogP contribution in [0.4, 0.5) is 17.1 Å². The molecule has 0 unspecified atom stereocenters. The number of nitrogens with zero attached hydrogens (tertiary/aromatic N) is 2. The van der Waals surface area contributed by atoms with Crippen molar-refractivity contribution in [1.29, 1.82) is 0 Å². The highest BCUT2D eigenvalue weighted by atomic mass is 16.3. The zero-order valence-electron chi connectivity index (χ0n) is 31.1. The van der Waals surface area contributed by atoms with E-state index >= 15 is 0 Å². The van der Waals surface area contributed by atoms with E-state index in [0.29, 0.717) is 0 Å². The quantitative estimate of drug-likeness (QED) is 0.163. The smallest absolute Gasteiger partial charge is 0.145 e. The third-order valence-corrected chi connectivity index (χ3v) is 11.2. The second kappa shape index (κ2) is 13.6. The van der Waals surface area contributed by atoms with Gasteiger partial charge < -0.3 is 13.9 Å². The van der Waals surface area contributed by atoms with Gasteiger partial charge in [0.05, 0.1) is 27.8 Å². The molecule has 268 valence electrons. The largest absolute Gasteiger partial charge is 0.455 e. The summed E-state index contributed by atoms with van der Waals surface area (Å²) >= 11 is 0. The number of hydrogen-bond donors (Lipinski definition) is 0. The van der Waals surface area contributed by atoms with Crippen LogP contribution in [0.15, 0.2) is 223 Å². The van der Waals surface area contributed by atoms with E-state index in [-0.39, 0.29) is 0 Å². The molecular formula is C54H36N2O. The van der Waals surface area contributed by atoms with Gasteiger partial charge in [-0.15, -0.1) is 0 Å². The Labute approximate surface area is 330 Å². The molecular weight excluding hydrogens is 693 g/mol. The molecule has 57 heavy (non-hydrogen) atoms. The number of para-hydroxylation sites is 4. The summed E-state index contributed by atoms with van der Waals surface area (Å²) in [4.78, 5) is 2.40. The lowest BCUT2D eigenvalue weighted by atomic mass is 9.97. The first-order valence-corrected chi connectivity index (χ1v) is 19.4. The van der Waals surface area contributed by atoms with Crippen LogP contribution in [-0.4, -0.2) is 4.57 Å². The molecule has 0 aliphatic carbocycles. The van der Waals surface area contributed by atoms with Gasteiger partial charge in [-0.25, -0.2) is 0 Å². The Kier molecular flexibility index (Phi) is 7.82. The highest BCUT2D eigenvalue weighted by molar-refractivity contribution is 6.17. The molecule has 0 saturated carbocycles. The van der Waals surface area contributed by atoms with Crippen molar-refractivity contribution in [3.05, 3.63) is 218 Å². The fraction of sp³-hybridized carbons (Fsp3) is 0. The lowest BCUT2D eigenvalue weighted by Gasteiger charge is -2.29. The first-order chi connectivity index (χ1) is 28.3. The Bertz CT molecular complexity index is 3180. The Morgan fingerprint density at radius 2 is 0.947 bits per heavy atom. The van der Waals surface area contributed by atoms with Crippen molar-refractivity contribution in [3.8, 4) is 39.1 Å². The number of aromatic nitrogens is 1. The zero-order valence-corrected chi connectivity index (χ0v) is 31.1. The van der Waals surface area contributed by atoms with Crippen LogP contribution in [0.1, 0.15) is 0 Å². The molecule has 0 atom stereocenters. The summed E-state index contributed by atoms with van der Waals surface area (Å²) < 4.78 is 9.30. The van der Waals surface area contributed by atoms with Crippen molar-refractivity contribution in [1.82, 2.24) is 4.57 Å². The van der Waals surface area contributed by atoms with E-state index in [4.69, 9.17) is 4.42 Å². The normalized spacial score (nSPS) is 11.5. The predicted molar refractivity (Wildman–Crippen MR) is 239 cm³/mol. The molecule has 0 radical (unpaired) electrons. The third kappa shape index (κ3) is 5.51. The van der Waals surface area contributed by atoms with Crippen molar-refractivity contribution < 1.29 is 4.42 Å². The van der Waals surface area contributed by atoms with E-state index in [1.165, 1.54) is 32.9 Å². The van der Waals surface area contributed by atoms with E-state index < -0.39 is 0 Å². The molecule has 9 aromatic carbocycles. The van der Waals surface area contributed by atoms with Crippen molar-refractivity contribution >= 4 is 60.8 Å². The van der Waals surface area contributed by atoms with Gasteiger partial charge in [0, 0.05) is 38.7 Å². The summed E-state index contributed by atoms with van der Waals surface area (Å²) in [5, 5.41) is 4.64. The van der Waals surface area contributed by atoms with Crippen LogP contribution in [0.5, 0.6) is 0 Å². The van der Waals surface area contributed by atoms with Gasteiger partial charge in [0.25, 0.3) is 0 Å². The average molecular weight is 729 g/mol. The molecule has 0 aliphatic rings. The Hall–Kier alpha value is -7.62. The van der Waals surface area contributed by atoms with Gasteiger partial charge in [0.15, 0.2) is 0 Å². The second-order valence-electron chi connectivity index (χ2n) is 14.5. The summed E-state index contributed by atoms with van der Waals surface area (Å²) in [6.07, 6.45) is 0. The average Bonchev–Trinajstić information content (AvgIpc) is 3.84. The first kappa shape index (κ1) is 32.8. The van der Waals surface area contributed by atoms with Crippen molar-refractivity contribution in [2.24, 2.45) is 0 Å². The van der Waals surface area contributed by atoms with Gasteiger partial charge >= 0.3 is 0 Å². The van der Waals surface area contributed by atoms with Gasteiger partial charge in [0.1, 0.15) is 11.2 Å². The molecule has 11 aromatic rings. The molecule has 0 saturated heterocycles. The molecule has 0 bridgehead atoms. The highest BCUT2D eigenvalue weighted by Gasteiger charge is 2.24. The van der Waals surface area contributed by atoms with E-state index in [9.17, 15) is 0 Å². The molecule has 0 spiro atoms. The number of rotatable bonds is 7. The van der Waals surface area contributed by atoms with Gasteiger partial charge in [-0.05, 0) is 82.9 Å². The number of furan rings is 1. The summed E-state index contributed by atoms with van der Waals surface area (Å²) in [6, 6.07) is 78.0. The first-order valence-electron chi connectivity index (χ1n) is 19.4. The van der Waals surface area contributed by atoms with Crippen molar-refractivity contribution in [2.75, 3.05) is 4.90 Å². The van der Waals surface area contributed by atoms with Crippen LogP contribution >= 0.6 is 0 Å². The molecule has 3 heteroatoms. The molecule has 3 nitrogen and oxygen atoms in total. The molecule has 0 N–H and O–H groups in total. The minimum atomic E-state index is 0.857. The highest BCUT2D eigenvalue weighted by Crippen LogP contribution is 2.48. The van der Waals surface area contributed by atoms with E-state index in [0.717, 1.165) is 66.9 Å². The Morgan fingerprint density at radius 3 is 1.68 bits per heavy atom. The number of fused-ring (bicyclic) bond motifs is 6. The van der Waals surface area contributed by atoms with Crippen LogP contribution in [0, 0.1) is 0 Å². The Balaban J connectivity index is 1.14. The second-order valence-corrected chi connectivity index (χ2v) is 14.5. The SMILES string of the molecule is c1ccc(-c2ccc(N(c3ccccc3-c3ccccc3)c3ccc(-c4cccc(-n5c6ccccc6c6ccccc65)c4)c4oc5ccccc5c34)cc2)cc1. The van der Waals surface area contributed by atoms with Crippen LogP contribution in [0.3, 0.4) is 0 Å². The van der Waals surface area contributed by atoms with Crippen LogP contribution in [-0.2, 0) is 0 Å². The monoisotopic (exact) mass is 728 g/mol. The zero-order chi connectivity index (χ0) is 37.7. The standard InChI is InChI=1S/C54H36N2O/c1-3-16-37(17-4-1)38-30-32-41(33-31-38)55(48-26-11-7-22-43(48)39-18-5-2-6-19-39)51-35-34-44(54-53(51)47-25-10-14-29-52(47)57-54)40-20-15-21-42(36-40)56-49-27-12-8-23-45(49)46-24-9-13-28-50(46)56/h1-36H. The molecule has 0 fully saturated rings. The van der Waals surface area contributed by atoms with E-state index in [1.54, 1.807) is 0 Å². The predicted octanol–water partition coefficient (Wildman–Crippen LogP) is 15.2. The molecule has 0 aliphatic heterocycles. The van der Waals surface area contributed by atoms with Crippen molar-refractivity contribution in [3.63, 3.8) is 0 Å². The number of anilines is 3. The molecule has 2 aromatic heterocycles. The summed E-state index contributed by atoms with van der Waals surface area (Å²) in [5.41, 5.74) is 15.2. The lowest BCUT2D eigenvalue weighted by molar-refractivity contribution is 0.670.